The van der Waals surface area contributed by atoms with E-state index in [2.05, 4.69) is 23.9 Å². The number of halogens is 1. The van der Waals surface area contributed by atoms with E-state index in [9.17, 15) is 4.39 Å². The lowest BCUT2D eigenvalue weighted by molar-refractivity contribution is 0.0926. The van der Waals surface area contributed by atoms with E-state index in [4.69, 9.17) is 10.2 Å². The van der Waals surface area contributed by atoms with Gasteiger partial charge in [-0.15, -0.1) is 0 Å². The first-order chi connectivity index (χ1) is 9.54. The minimum atomic E-state index is -0.257. The second-order valence-electron chi connectivity index (χ2n) is 5.67. The molecule has 2 atom stereocenters. The molecule has 1 fully saturated rings. The molecule has 4 nitrogen and oxygen atoms in total. The van der Waals surface area contributed by atoms with Crippen molar-refractivity contribution in [1.82, 2.24) is 9.80 Å². The SMILES string of the molecule is CN1CCN(C)C(C(N)c2cc3cc(F)ccc3o2)C1. The maximum Gasteiger partial charge on any atom is 0.134 e. The molecule has 20 heavy (non-hydrogen) atoms. The number of piperazine rings is 1. The van der Waals surface area contributed by atoms with E-state index >= 15 is 0 Å². The molecule has 1 aliphatic rings. The Morgan fingerprint density at radius 1 is 1.30 bits per heavy atom. The molecule has 0 radical (unpaired) electrons. The zero-order valence-electron chi connectivity index (χ0n) is 11.8. The van der Waals surface area contributed by atoms with Crippen molar-refractivity contribution >= 4 is 11.0 Å². The zero-order valence-corrected chi connectivity index (χ0v) is 11.8. The van der Waals surface area contributed by atoms with Crippen molar-refractivity contribution in [3.05, 3.63) is 35.8 Å². The van der Waals surface area contributed by atoms with Crippen LogP contribution in [0.5, 0.6) is 0 Å². The summed E-state index contributed by atoms with van der Waals surface area (Å²) < 4.78 is 19.0. The summed E-state index contributed by atoms with van der Waals surface area (Å²) in [6, 6.07) is 6.38. The Balaban J connectivity index is 1.89. The van der Waals surface area contributed by atoms with Gasteiger partial charge >= 0.3 is 0 Å². The Kier molecular flexibility index (Phi) is 3.50. The highest BCUT2D eigenvalue weighted by molar-refractivity contribution is 5.78. The maximum atomic E-state index is 13.2. The fourth-order valence-electron chi connectivity index (χ4n) is 2.82. The Morgan fingerprint density at radius 3 is 2.90 bits per heavy atom. The number of hydrogen-bond donors (Lipinski definition) is 1. The molecular formula is C15H20FN3O. The minimum Gasteiger partial charge on any atom is -0.459 e. The van der Waals surface area contributed by atoms with Gasteiger partial charge in [0.25, 0.3) is 0 Å². The molecule has 3 rings (SSSR count). The number of likely N-dealkylation sites (N-methyl/N-ethyl adjacent to an activating group) is 2. The van der Waals surface area contributed by atoms with Crippen LogP contribution in [0.1, 0.15) is 11.8 Å². The lowest BCUT2D eigenvalue weighted by atomic mass is 10.0. The van der Waals surface area contributed by atoms with Crippen molar-refractivity contribution in [2.45, 2.75) is 12.1 Å². The van der Waals surface area contributed by atoms with Crippen LogP contribution in [0.2, 0.25) is 0 Å². The minimum absolute atomic E-state index is 0.208. The summed E-state index contributed by atoms with van der Waals surface area (Å²) in [5.74, 6) is 0.464. The Morgan fingerprint density at radius 2 is 2.10 bits per heavy atom. The molecule has 1 aromatic heterocycles. The summed E-state index contributed by atoms with van der Waals surface area (Å²) in [6.07, 6.45) is 0. The maximum absolute atomic E-state index is 13.2. The Labute approximate surface area is 117 Å². The van der Waals surface area contributed by atoms with Crippen molar-refractivity contribution in [3.8, 4) is 0 Å². The fraction of sp³-hybridized carbons (Fsp3) is 0.467. The molecule has 0 spiro atoms. The summed E-state index contributed by atoms with van der Waals surface area (Å²) in [6.45, 7) is 2.94. The van der Waals surface area contributed by atoms with E-state index in [0.717, 1.165) is 30.8 Å². The fourth-order valence-corrected chi connectivity index (χ4v) is 2.82. The van der Waals surface area contributed by atoms with Crippen molar-refractivity contribution in [2.75, 3.05) is 33.7 Å². The van der Waals surface area contributed by atoms with Crippen molar-refractivity contribution in [1.29, 1.82) is 0 Å². The first-order valence-corrected chi connectivity index (χ1v) is 6.88. The highest BCUT2D eigenvalue weighted by Crippen LogP contribution is 2.27. The lowest BCUT2D eigenvalue weighted by Gasteiger charge is -2.40. The van der Waals surface area contributed by atoms with Crippen LogP contribution in [0.4, 0.5) is 4.39 Å². The van der Waals surface area contributed by atoms with E-state index in [0.29, 0.717) is 5.58 Å². The monoisotopic (exact) mass is 277 g/mol. The lowest BCUT2D eigenvalue weighted by Crippen LogP contribution is -2.54. The molecule has 2 heterocycles. The third-order valence-electron chi connectivity index (χ3n) is 4.14. The Hall–Kier alpha value is -1.43. The van der Waals surface area contributed by atoms with Crippen LogP contribution in [-0.2, 0) is 0 Å². The number of hydrogen-bond acceptors (Lipinski definition) is 4. The predicted octanol–water partition coefficient (Wildman–Crippen LogP) is 1.82. The van der Waals surface area contributed by atoms with Gasteiger partial charge in [-0.05, 0) is 38.4 Å². The molecule has 2 N–H and O–H groups in total. The third-order valence-corrected chi connectivity index (χ3v) is 4.14. The number of nitrogens with zero attached hydrogens (tertiary/aromatic N) is 2. The topological polar surface area (TPSA) is 45.6 Å². The summed E-state index contributed by atoms with van der Waals surface area (Å²) >= 11 is 0. The Bertz CT molecular complexity index is 612. The highest BCUT2D eigenvalue weighted by Gasteiger charge is 2.30. The molecule has 1 saturated heterocycles. The number of nitrogens with two attached hydrogens (primary N) is 1. The smallest absolute Gasteiger partial charge is 0.134 e. The van der Waals surface area contributed by atoms with Crippen LogP contribution in [0.25, 0.3) is 11.0 Å². The molecule has 2 unspecified atom stereocenters. The summed E-state index contributed by atoms with van der Waals surface area (Å²) in [7, 11) is 4.18. The van der Waals surface area contributed by atoms with Crippen LogP contribution in [-0.4, -0.2) is 49.6 Å². The third kappa shape index (κ3) is 2.44. The second kappa shape index (κ2) is 5.16. The van der Waals surface area contributed by atoms with Crippen molar-refractivity contribution in [3.63, 3.8) is 0 Å². The zero-order chi connectivity index (χ0) is 14.3. The molecule has 0 aliphatic carbocycles. The van der Waals surface area contributed by atoms with Crippen LogP contribution in [0.3, 0.4) is 0 Å². The first-order valence-electron chi connectivity index (χ1n) is 6.88. The first kappa shape index (κ1) is 13.5. The molecule has 1 aliphatic heterocycles. The van der Waals surface area contributed by atoms with Crippen LogP contribution < -0.4 is 5.73 Å². The van der Waals surface area contributed by atoms with Gasteiger partial charge < -0.3 is 15.1 Å². The largest absolute Gasteiger partial charge is 0.459 e. The second-order valence-corrected chi connectivity index (χ2v) is 5.67. The van der Waals surface area contributed by atoms with Gasteiger partial charge in [0.1, 0.15) is 17.2 Å². The van der Waals surface area contributed by atoms with Gasteiger partial charge in [0.05, 0.1) is 6.04 Å². The summed E-state index contributed by atoms with van der Waals surface area (Å²) in [4.78, 5) is 4.53. The van der Waals surface area contributed by atoms with Gasteiger partial charge in [0, 0.05) is 31.1 Å². The van der Waals surface area contributed by atoms with Crippen LogP contribution in [0.15, 0.2) is 28.7 Å². The number of rotatable bonds is 2. The average Bonchev–Trinajstić information content (AvgIpc) is 2.83. The van der Waals surface area contributed by atoms with E-state index < -0.39 is 0 Å². The predicted molar refractivity (Wildman–Crippen MR) is 77.0 cm³/mol. The standard InChI is InChI=1S/C15H20FN3O/c1-18-5-6-19(2)12(9-18)15(17)14-8-10-7-11(16)3-4-13(10)20-14/h3-4,7-8,12,15H,5-6,9,17H2,1-2H3. The summed E-state index contributed by atoms with van der Waals surface area (Å²) in [5.41, 5.74) is 7.05. The van der Waals surface area contributed by atoms with Crippen LogP contribution in [0, 0.1) is 5.82 Å². The van der Waals surface area contributed by atoms with E-state index in [1.807, 2.05) is 6.07 Å². The number of furan rings is 1. The van der Waals surface area contributed by atoms with Gasteiger partial charge in [0.2, 0.25) is 0 Å². The summed E-state index contributed by atoms with van der Waals surface area (Å²) in [5, 5.41) is 0.766. The molecule has 1 aromatic carbocycles. The highest BCUT2D eigenvalue weighted by atomic mass is 19.1. The number of benzene rings is 1. The normalized spacial score (nSPS) is 23.3. The molecule has 108 valence electrons. The van der Waals surface area contributed by atoms with Gasteiger partial charge in [-0.25, -0.2) is 4.39 Å². The van der Waals surface area contributed by atoms with Crippen molar-refractivity contribution in [2.24, 2.45) is 5.73 Å². The molecule has 2 aromatic rings. The molecular weight excluding hydrogens is 257 g/mol. The molecule has 5 heteroatoms. The van der Waals surface area contributed by atoms with Crippen LogP contribution >= 0.6 is 0 Å². The van der Waals surface area contributed by atoms with Gasteiger partial charge in [-0.3, -0.25) is 4.90 Å². The van der Waals surface area contributed by atoms with Gasteiger partial charge in [-0.1, -0.05) is 0 Å². The van der Waals surface area contributed by atoms with Crippen molar-refractivity contribution < 1.29 is 8.81 Å². The van der Waals surface area contributed by atoms with Gasteiger partial charge in [0.15, 0.2) is 0 Å². The quantitative estimate of drug-likeness (QED) is 0.909. The molecule has 0 amide bonds. The van der Waals surface area contributed by atoms with E-state index in [-0.39, 0.29) is 17.9 Å². The van der Waals surface area contributed by atoms with Gasteiger partial charge in [-0.2, -0.15) is 0 Å². The van der Waals surface area contributed by atoms with E-state index in [1.165, 1.54) is 12.1 Å². The number of fused-ring (bicyclic) bond motifs is 1. The van der Waals surface area contributed by atoms with E-state index in [1.54, 1.807) is 6.07 Å². The molecule has 0 bridgehead atoms. The average molecular weight is 277 g/mol. The molecule has 0 saturated carbocycles.